The minimum atomic E-state index is -0.778. The summed E-state index contributed by atoms with van der Waals surface area (Å²) in [7, 11) is 1.32. The Labute approximate surface area is 191 Å². The van der Waals surface area contributed by atoms with Gasteiger partial charge in [0.1, 0.15) is 11.0 Å². The number of halogens is 1. The summed E-state index contributed by atoms with van der Waals surface area (Å²) >= 11 is 4.94. The first kappa shape index (κ1) is 21.3. The largest absolute Gasteiger partial charge is 0.467 e. The third-order valence-corrected chi connectivity index (χ3v) is 6.32. The maximum Gasteiger partial charge on any atom is 0.328 e. The van der Waals surface area contributed by atoms with Gasteiger partial charge in [-0.3, -0.25) is 4.79 Å². The molecule has 1 atom stereocenters. The molecular weight excluding hydrogens is 478 g/mol. The minimum absolute atomic E-state index is 0.0892. The Morgan fingerprint density at radius 2 is 2.06 bits per heavy atom. The second kappa shape index (κ2) is 9.45. The normalized spacial score (nSPS) is 11.9. The van der Waals surface area contributed by atoms with Crippen molar-refractivity contribution < 1.29 is 14.3 Å². The van der Waals surface area contributed by atoms with Gasteiger partial charge in [0.05, 0.1) is 19.2 Å². The van der Waals surface area contributed by atoms with E-state index in [1.807, 2.05) is 60.1 Å². The Bertz CT molecular complexity index is 1230. The Morgan fingerprint density at radius 3 is 2.87 bits per heavy atom. The fraction of sp³-hybridized carbons (Fsp3) is 0.174. The quantitative estimate of drug-likeness (QED) is 0.368. The molecule has 6 nitrogen and oxygen atoms in total. The number of esters is 1. The van der Waals surface area contributed by atoms with Crippen molar-refractivity contribution in [3.05, 3.63) is 75.8 Å². The predicted molar refractivity (Wildman–Crippen MR) is 125 cm³/mol. The number of hydrogen-bond acceptors (Lipinski definition) is 5. The molecule has 1 amide bonds. The number of aromatic nitrogens is 2. The number of fused-ring (bicyclic) bond motifs is 1. The van der Waals surface area contributed by atoms with Crippen LogP contribution < -0.4 is 5.32 Å². The van der Waals surface area contributed by atoms with Crippen molar-refractivity contribution >= 4 is 50.0 Å². The molecule has 31 heavy (non-hydrogen) atoms. The van der Waals surface area contributed by atoms with Gasteiger partial charge in [0.2, 0.25) is 5.91 Å². The smallest absolute Gasteiger partial charge is 0.328 e. The number of rotatable bonds is 7. The van der Waals surface area contributed by atoms with E-state index in [1.165, 1.54) is 18.4 Å². The standard InChI is InChI=1S/C23H20BrN3O3S/c1-30-23(29)20(10-15-12-25-19-8-3-2-7-18(15)19)27-21(28)11-17-13-31-22(26-17)14-5-4-6-16(24)9-14/h2-9,12-13,20,25H,10-11H2,1H3,(H,27,28)/t20-/m1/s1. The molecule has 8 heteroatoms. The Hall–Kier alpha value is -2.97. The molecule has 4 rings (SSSR count). The van der Waals surface area contributed by atoms with Crippen molar-refractivity contribution in [1.82, 2.24) is 15.3 Å². The Balaban J connectivity index is 1.45. The number of methoxy groups -OCH3 is 1. The molecule has 2 N–H and O–H groups in total. The predicted octanol–water partition coefficient (Wildman–Crippen LogP) is 4.50. The highest BCUT2D eigenvalue weighted by Gasteiger charge is 2.23. The van der Waals surface area contributed by atoms with E-state index in [1.54, 1.807) is 0 Å². The van der Waals surface area contributed by atoms with E-state index in [0.717, 1.165) is 31.5 Å². The van der Waals surface area contributed by atoms with E-state index < -0.39 is 12.0 Å². The van der Waals surface area contributed by atoms with E-state index in [-0.39, 0.29) is 12.3 Å². The Morgan fingerprint density at radius 1 is 1.23 bits per heavy atom. The van der Waals surface area contributed by atoms with Gasteiger partial charge in [-0.05, 0) is 23.8 Å². The van der Waals surface area contributed by atoms with Crippen LogP contribution in [0, 0.1) is 0 Å². The number of aromatic amines is 1. The molecule has 0 unspecified atom stereocenters. The average Bonchev–Trinajstić information content (AvgIpc) is 3.40. The lowest BCUT2D eigenvalue weighted by molar-refractivity contribution is -0.145. The van der Waals surface area contributed by atoms with Gasteiger partial charge in [-0.25, -0.2) is 9.78 Å². The summed E-state index contributed by atoms with van der Waals surface area (Å²) in [4.78, 5) is 32.7. The molecule has 4 aromatic rings. The van der Waals surface area contributed by atoms with Gasteiger partial charge in [0, 0.05) is 38.9 Å². The summed E-state index contributed by atoms with van der Waals surface area (Å²) in [6.07, 6.45) is 2.28. The van der Waals surface area contributed by atoms with E-state index >= 15 is 0 Å². The number of para-hydroxylation sites is 1. The first-order chi connectivity index (χ1) is 15.0. The molecule has 158 valence electrons. The minimum Gasteiger partial charge on any atom is -0.467 e. The fourth-order valence-electron chi connectivity index (χ4n) is 3.41. The van der Waals surface area contributed by atoms with Gasteiger partial charge in [0.15, 0.2) is 0 Å². The lowest BCUT2D eigenvalue weighted by atomic mass is 10.0. The number of H-pyrrole nitrogens is 1. The molecule has 2 heterocycles. The van der Waals surface area contributed by atoms with Crippen molar-refractivity contribution in [1.29, 1.82) is 0 Å². The summed E-state index contributed by atoms with van der Waals surface area (Å²) in [5.74, 6) is -0.756. The zero-order valence-electron chi connectivity index (χ0n) is 16.7. The van der Waals surface area contributed by atoms with Crippen molar-refractivity contribution in [3.8, 4) is 10.6 Å². The van der Waals surface area contributed by atoms with Crippen LogP contribution in [0.3, 0.4) is 0 Å². The molecule has 0 saturated heterocycles. The summed E-state index contributed by atoms with van der Waals surface area (Å²) < 4.78 is 5.89. The van der Waals surface area contributed by atoms with E-state index in [4.69, 9.17) is 4.74 Å². The number of thiazole rings is 1. The van der Waals surface area contributed by atoms with Crippen molar-refractivity contribution in [2.75, 3.05) is 7.11 Å². The molecular formula is C23H20BrN3O3S. The second-order valence-corrected chi connectivity index (χ2v) is 8.81. The summed E-state index contributed by atoms with van der Waals surface area (Å²) in [6, 6.07) is 14.9. The summed E-state index contributed by atoms with van der Waals surface area (Å²) in [6.45, 7) is 0. The fourth-order valence-corrected chi connectivity index (χ4v) is 4.62. The number of benzene rings is 2. The van der Waals surface area contributed by atoms with Crippen molar-refractivity contribution in [3.63, 3.8) is 0 Å². The van der Waals surface area contributed by atoms with Gasteiger partial charge in [-0.2, -0.15) is 0 Å². The number of hydrogen-bond donors (Lipinski definition) is 2. The van der Waals surface area contributed by atoms with Gasteiger partial charge >= 0.3 is 5.97 Å². The summed E-state index contributed by atoms with van der Waals surface area (Å²) in [5, 5.41) is 6.53. The first-order valence-electron chi connectivity index (χ1n) is 9.66. The highest BCUT2D eigenvalue weighted by Crippen LogP contribution is 2.26. The zero-order chi connectivity index (χ0) is 21.8. The third kappa shape index (κ3) is 5.03. The highest BCUT2D eigenvalue weighted by atomic mass is 79.9. The first-order valence-corrected chi connectivity index (χ1v) is 11.3. The van der Waals surface area contributed by atoms with E-state index in [0.29, 0.717) is 12.1 Å². The van der Waals surface area contributed by atoms with Crippen LogP contribution >= 0.6 is 27.3 Å². The monoisotopic (exact) mass is 497 g/mol. The SMILES string of the molecule is COC(=O)[C@@H](Cc1c[nH]c2ccccc12)NC(=O)Cc1csc(-c2cccc(Br)c2)n1. The van der Waals surface area contributed by atoms with Gasteiger partial charge in [-0.15, -0.1) is 11.3 Å². The molecule has 0 bridgehead atoms. The molecule has 0 aliphatic heterocycles. The number of carbonyl (C=O) groups excluding carboxylic acids is 2. The van der Waals surface area contributed by atoms with E-state index in [9.17, 15) is 9.59 Å². The molecule has 0 radical (unpaired) electrons. The van der Waals surface area contributed by atoms with Crippen LogP contribution in [-0.2, 0) is 27.2 Å². The lowest BCUT2D eigenvalue weighted by Crippen LogP contribution is -2.43. The van der Waals surface area contributed by atoms with Crippen LogP contribution in [0.2, 0.25) is 0 Å². The molecule has 0 aliphatic rings. The zero-order valence-corrected chi connectivity index (χ0v) is 19.1. The molecule has 2 aromatic heterocycles. The van der Waals surface area contributed by atoms with Gasteiger partial charge in [-0.1, -0.05) is 46.3 Å². The maximum atomic E-state index is 12.7. The van der Waals surface area contributed by atoms with Crippen LogP contribution in [0.25, 0.3) is 21.5 Å². The number of nitrogens with one attached hydrogen (secondary N) is 2. The molecule has 2 aromatic carbocycles. The molecule has 0 spiro atoms. The number of carbonyl (C=O) groups is 2. The second-order valence-electron chi connectivity index (χ2n) is 7.04. The average molecular weight is 498 g/mol. The topological polar surface area (TPSA) is 84.1 Å². The Kier molecular flexibility index (Phi) is 6.48. The van der Waals surface area contributed by atoms with Gasteiger partial charge in [0.25, 0.3) is 0 Å². The third-order valence-electron chi connectivity index (χ3n) is 4.88. The van der Waals surface area contributed by atoms with Crippen LogP contribution in [-0.4, -0.2) is 35.0 Å². The maximum absolute atomic E-state index is 12.7. The van der Waals surface area contributed by atoms with Crippen LogP contribution in [0.15, 0.2) is 64.6 Å². The van der Waals surface area contributed by atoms with Crippen LogP contribution in [0.1, 0.15) is 11.3 Å². The van der Waals surface area contributed by atoms with Gasteiger partial charge < -0.3 is 15.0 Å². The molecule has 0 fully saturated rings. The number of amides is 1. The summed E-state index contributed by atoms with van der Waals surface area (Å²) in [5.41, 5.74) is 3.57. The molecule has 0 aliphatic carbocycles. The molecule has 0 saturated carbocycles. The lowest BCUT2D eigenvalue weighted by Gasteiger charge is -2.16. The van der Waals surface area contributed by atoms with Crippen molar-refractivity contribution in [2.45, 2.75) is 18.9 Å². The van der Waals surface area contributed by atoms with E-state index in [2.05, 4.69) is 31.2 Å². The van der Waals surface area contributed by atoms with Crippen molar-refractivity contribution in [2.24, 2.45) is 0 Å². The highest BCUT2D eigenvalue weighted by molar-refractivity contribution is 9.10. The number of ether oxygens (including phenoxy) is 1. The van der Waals surface area contributed by atoms with Crippen LogP contribution in [0.4, 0.5) is 0 Å². The van der Waals surface area contributed by atoms with Crippen LogP contribution in [0.5, 0.6) is 0 Å². The number of nitrogens with zero attached hydrogens (tertiary/aromatic N) is 1.